The summed E-state index contributed by atoms with van der Waals surface area (Å²) in [6.07, 6.45) is 5.29. The van der Waals surface area contributed by atoms with Gasteiger partial charge in [-0.25, -0.2) is 9.98 Å². The molecule has 0 aromatic carbocycles. The van der Waals surface area contributed by atoms with E-state index in [0.717, 1.165) is 46.0 Å². The number of halogens is 1. The molecule has 0 radical (unpaired) electrons. The second-order valence-electron chi connectivity index (χ2n) is 5.14. The smallest absolute Gasteiger partial charge is 0.251 e. The first kappa shape index (κ1) is 13.4. The number of nitrogens with zero attached hydrogens (tertiary/aromatic N) is 5. The normalized spacial score (nSPS) is 14.2. The maximum absolute atomic E-state index is 4.62. The van der Waals surface area contributed by atoms with Crippen LogP contribution in [0.5, 0.6) is 0 Å². The summed E-state index contributed by atoms with van der Waals surface area (Å²) in [5.41, 5.74) is 3.28. The molecule has 0 spiro atoms. The van der Waals surface area contributed by atoms with E-state index in [4.69, 9.17) is 0 Å². The number of aryl methyl sites for hydroxylation is 1. The van der Waals surface area contributed by atoms with Crippen molar-refractivity contribution >= 4 is 27.4 Å². The van der Waals surface area contributed by atoms with Gasteiger partial charge in [0.15, 0.2) is 0 Å². The fraction of sp³-hybridized carbons (Fsp3) is 0.200. The fourth-order valence-corrected chi connectivity index (χ4v) is 3.15. The molecule has 22 heavy (non-hydrogen) atoms. The zero-order chi connectivity index (χ0) is 15.1. The Morgan fingerprint density at radius 3 is 3.14 bits per heavy atom. The van der Waals surface area contributed by atoms with Gasteiger partial charge in [0.05, 0.1) is 16.4 Å². The van der Waals surface area contributed by atoms with E-state index in [1.54, 1.807) is 12.4 Å². The molecule has 3 aliphatic heterocycles. The number of anilines is 1. The third-order valence-corrected chi connectivity index (χ3v) is 4.28. The lowest BCUT2D eigenvalue weighted by molar-refractivity contribution is 0.778. The van der Waals surface area contributed by atoms with Crippen LogP contribution in [-0.4, -0.2) is 26.1 Å². The van der Waals surface area contributed by atoms with Crippen molar-refractivity contribution in [2.24, 2.45) is 4.99 Å². The molecule has 4 heterocycles. The zero-order valence-electron chi connectivity index (χ0n) is 11.9. The Labute approximate surface area is 135 Å². The summed E-state index contributed by atoms with van der Waals surface area (Å²) >= 11 is 3.58. The molecule has 110 valence electrons. The van der Waals surface area contributed by atoms with Gasteiger partial charge in [-0.1, -0.05) is 0 Å². The molecule has 0 atom stereocenters. The Balaban J connectivity index is 1.94. The molecule has 0 aliphatic carbocycles. The quantitative estimate of drug-likeness (QED) is 0.727. The average molecular weight is 357 g/mol. The minimum Gasteiger partial charge on any atom is -0.369 e. The number of aromatic nitrogens is 4. The number of hydrogen-bond donors (Lipinski definition) is 1. The highest BCUT2D eigenvalue weighted by molar-refractivity contribution is 9.10. The molecular formula is C15H13BrN6. The Morgan fingerprint density at radius 2 is 2.27 bits per heavy atom. The first-order valence-electron chi connectivity index (χ1n) is 6.98. The van der Waals surface area contributed by atoms with E-state index in [2.05, 4.69) is 45.8 Å². The molecule has 0 unspecified atom stereocenters. The number of pyridine rings is 2. The van der Waals surface area contributed by atoms with Gasteiger partial charge in [-0.3, -0.25) is 4.98 Å². The van der Waals surface area contributed by atoms with Gasteiger partial charge in [0.25, 0.3) is 5.62 Å². The lowest BCUT2D eigenvalue weighted by atomic mass is 10.2. The molecule has 0 saturated heterocycles. The third kappa shape index (κ3) is 2.18. The van der Waals surface area contributed by atoms with Gasteiger partial charge >= 0.3 is 0 Å². The highest BCUT2D eigenvalue weighted by Gasteiger charge is 2.19. The van der Waals surface area contributed by atoms with Crippen molar-refractivity contribution in [2.75, 3.05) is 11.9 Å². The molecule has 0 bridgehead atoms. The van der Waals surface area contributed by atoms with Crippen molar-refractivity contribution in [3.8, 4) is 11.4 Å². The lowest BCUT2D eigenvalue weighted by Gasteiger charge is -2.13. The summed E-state index contributed by atoms with van der Waals surface area (Å²) < 4.78 is 3.17. The van der Waals surface area contributed by atoms with Crippen LogP contribution in [0.3, 0.4) is 0 Å². The van der Waals surface area contributed by atoms with Crippen LogP contribution < -0.4 is 10.9 Å². The van der Waals surface area contributed by atoms with E-state index in [0.29, 0.717) is 5.62 Å². The van der Waals surface area contributed by atoms with Gasteiger partial charge in [-0.15, -0.1) is 0 Å². The lowest BCUT2D eigenvalue weighted by Crippen LogP contribution is -2.17. The van der Waals surface area contributed by atoms with Crippen LogP contribution in [-0.2, 0) is 6.54 Å². The van der Waals surface area contributed by atoms with Gasteiger partial charge in [0.1, 0.15) is 11.6 Å². The molecule has 7 heteroatoms. The molecule has 1 aromatic heterocycles. The summed E-state index contributed by atoms with van der Waals surface area (Å²) in [5.74, 6) is 1.94. The van der Waals surface area contributed by atoms with Crippen molar-refractivity contribution in [2.45, 2.75) is 13.5 Å². The molecule has 1 aromatic rings. The number of nitrogens with one attached hydrogen (secondary N) is 1. The number of fused-ring (bicyclic) bond motifs is 3. The number of hydrogen-bond acceptors (Lipinski definition) is 5. The minimum atomic E-state index is 0.451. The second kappa shape index (κ2) is 5.17. The molecule has 4 rings (SSSR count). The van der Waals surface area contributed by atoms with Crippen LogP contribution >= 0.6 is 15.9 Å². The molecule has 0 saturated carbocycles. The van der Waals surface area contributed by atoms with Crippen molar-refractivity contribution in [1.82, 2.24) is 19.5 Å². The van der Waals surface area contributed by atoms with Crippen LogP contribution in [0.15, 0.2) is 40.2 Å². The van der Waals surface area contributed by atoms with Crippen LogP contribution in [0.1, 0.15) is 5.56 Å². The van der Waals surface area contributed by atoms with Gasteiger partial charge in [-0.2, -0.15) is 4.98 Å². The molecule has 6 nitrogen and oxygen atoms in total. The van der Waals surface area contributed by atoms with Crippen molar-refractivity contribution in [1.29, 1.82) is 0 Å². The van der Waals surface area contributed by atoms with E-state index < -0.39 is 0 Å². The zero-order valence-corrected chi connectivity index (χ0v) is 13.5. The van der Waals surface area contributed by atoms with Crippen molar-refractivity contribution < 1.29 is 0 Å². The largest absolute Gasteiger partial charge is 0.369 e. The molecule has 0 amide bonds. The van der Waals surface area contributed by atoms with E-state index in [1.165, 1.54) is 0 Å². The minimum absolute atomic E-state index is 0.451. The van der Waals surface area contributed by atoms with Crippen LogP contribution in [0.4, 0.5) is 11.5 Å². The van der Waals surface area contributed by atoms with Crippen LogP contribution in [0, 0.1) is 6.92 Å². The molecular weight excluding hydrogens is 344 g/mol. The van der Waals surface area contributed by atoms with Crippen molar-refractivity contribution in [3.63, 3.8) is 0 Å². The monoisotopic (exact) mass is 356 g/mol. The first-order valence-corrected chi connectivity index (χ1v) is 7.77. The molecule has 0 fully saturated rings. The van der Waals surface area contributed by atoms with Gasteiger partial charge in [-0.05, 0) is 40.5 Å². The Bertz CT molecular complexity index is 901. The highest BCUT2D eigenvalue weighted by atomic mass is 79.9. The Morgan fingerprint density at radius 1 is 1.36 bits per heavy atom. The first-order chi connectivity index (χ1) is 10.7. The Hall–Kier alpha value is -2.28. The Kier molecular flexibility index (Phi) is 3.15. The number of rotatable bonds is 1. The summed E-state index contributed by atoms with van der Waals surface area (Å²) in [6.45, 7) is 3.78. The maximum atomic E-state index is 4.62. The van der Waals surface area contributed by atoms with Gasteiger partial charge in [0, 0.05) is 31.0 Å². The standard InChI is InChI=1S/C15H13BrN6/c1-9-2-3-17-8-12(9)20-15-19-7-10-6-11(16)14-18-4-5-22(14)13(10)21-15/h2-3,6-8,18H,4-5H2,1H3. The average Bonchev–Trinajstić information content (AvgIpc) is 3.01. The highest BCUT2D eigenvalue weighted by Crippen LogP contribution is 2.33. The van der Waals surface area contributed by atoms with Crippen LogP contribution in [0.2, 0.25) is 0 Å². The van der Waals surface area contributed by atoms with Crippen LogP contribution in [0.25, 0.3) is 11.4 Å². The predicted molar refractivity (Wildman–Crippen MR) is 87.0 cm³/mol. The molecule has 1 N–H and O–H groups in total. The topological polar surface area (TPSA) is 68.0 Å². The SMILES string of the molecule is Cc1ccncc1N=c1ncc2cc(Br)c3n(c-2n1)CCN3. The van der Waals surface area contributed by atoms with Gasteiger partial charge in [0.2, 0.25) is 0 Å². The fourth-order valence-electron chi connectivity index (χ4n) is 2.55. The maximum Gasteiger partial charge on any atom is 0.251 e. The summed E-state index contributed by atoms with van der Waals surface area (Å²) in [4.78, 5) is 17.6. The van der Waals surface area contributed by atoms with Crippen molar-refractivity contribution in [3.05, 3.63) is 46.4 Å². The summed E-state index contributed by atoms with van der Waals surface area (Å²) in [5, 5.41) is 3.35. The van der Waals surface area contributed by atoms with E-state index >= 15 is 0 Å². The molecule has 3 aliphatic rings. The van der Waals surface area contributed by atoms with E-state index in [-0.39, 0.29) is 0 Å². The summed E-state index contributed by atoms with van der Waals surface area (Å²) in [7, 11) is 0. The summed E-state index contributed by atoms with van der Waals surface area (Å²) in [6, 6.07) is 3.95. The van der Waals surface area contributed by atoms with E-state index in [9.17, 15) is 0 Å². The third-order valence-electron chi connectivity index (χ3n) is 3.68. The second-order valence-corrected chi connectivity index (χ2v) is 6.00. The van der Waals surface area contributed by atoms with Gasteiger partial charge < -0.3 is 9.88 Å². The van der Waals surface area contributed by atoms with E-state index in [1.807, 2.05) is 25.3 Å². The predicted octanol–water partition coefficient (Wildman–Crippen LogP) is 2.51.